The molecule has 108 valence electrons. The first-order valence-electron chi connectivity index (χ1n) is 5.96. The predicted molar refractivity (Wildman–Crippen MR) is 85.1 cm³/mol. The maximum absolute atomic E-state index is 12.2. The molecular weight excluding hydrogens is 360 g/mol. The van der Waals surface area contributed by atoms with Gasteiger partial charge in [-0.25, -0.2) is 13.1 Å². The lowest BCUT2D eigenvalue weighted by Crippen LogP contribution is -2.22. The number of rotatable bonds is 5. The molecule has 0 saturated carbocycles. The van der Waals surface area contributed by atoms with Crippen molar-refractivity contribution < 1.29 is 8.42 Å². The van der Waals surface area contributed by atoms with Crippen LogP contribution in [-0.2, 0) is 23.1 Å². The zero-order valence-electron chi connectivity index (χ0n) is 10.9. The summed E-state index contributed by atoms with van der Waals surface area (Å²) in [4.78, 5) is 0.897. The fourth-order valence-electron chi connectivity index (χ4n) is 1.68. The quantitative estimate of drug-likeness (QED) is 0.844. The van der Waals surface area contributed by atoms with Gasteiger partial charge in [0, 0.05) is 22.4 Å². The SMILES string of the molecule is Cc1cc(S(=O)(=O)NCc2ccc(Br)cc2)sc1CN. The molecule has 0 bridgehead atoms. The number of halogens is 1. The van der Waals surface area contributed by atoms with Gasteiger partial charge in [-0.2, -0.15) is 0 Å². The molecule has 2 rings (SSSR count). The molecule has 0 aliphatic rings. The Bertz CT molecular complexity index is 694. The van der Waals surface area contributed by atoms with Gasteiger partial charge in [-0.05, 0) is 36.2 Å². The smallest absolute Gasteiger partial charge is 0.250 e. The van der Waals surface area contributed by atoms with Crippen LogP contribution >= 0.6 is 27.3 Å². The zero-order chi connectivity index (χ0) is 14.8. The van der Waals surface area contributed by atoms with E-state index in [1.54, 1.807) is 6.07 Å². The van der Waals surface area contributed by atoms with Crippen LogP contribution in [0.15, 0.2) is 39.0 Å². The van der Waals surface area contributed by atoms with E-state index >= 15 is 0 Å². The van der Waals surface area contributed by atoms with Crippen LogP contribution in [0, 0.1) is 6.92 Å². The number of sulfonamides is 1. The van der Waals surface area contributed by atoms with Gasteiger partial charge >= 0.3 is 0 Å². The van der Waals surface area contributed by atoms with E-state index in [9.17, 15) is 8.42 Å². The second-order valence-electron chi connectivity index (χ2n) is 4.33. The summed E-state index contributed by atoms with van der Waals surface area (Å²) in [6.07, 6.45) is 0. The second kappa shape index (κ2) is 6.36. The lowest BCUT2D eigenvalue weighted by Gasteiger charge is -2.05. The normalized spacial score (nSPS) is 11.8. The van der Waals surface area contributed by atoms with E-state index < -0.39 is 10.0 Å². The molecule has 0 fully saturated rings. The molecule has 0 unspecified atom stereocenters. The van der Waals surface area contributed by atoms with Crippen molar-refractivity contribution in [1.29, 1.82) is 0 Å². The second-order valence-corrected chi connectivity index (χ2v) is 8.37. The summed E-state index contributed by atoms with van der Waals surface area (Å²) >= 11 is 4.56. The largest absolute Gasteiger partial charge is 0.326 e. The molecular formula is C13H15BrN2O2S2. The Kier molecular flexibility index (Phi) is 4.98. The highest BCUT2D eigenvalue weighted by Gasteiger charge is 2.18. The summed E-state index contributed by atoms with van der Waals surface area (Å²) in [6.45, 7) is 2.50. The summed E-state index contributed by atoms with van der Waals surface area (Å²) < 4.78 is 28.3. The van der Waals surface area contributed by atoms with Crippen molar-refractivity contribution in [3.63, 3.8) is 0 Å². The van der Waals surface area contributed by atoms with Gasteiger partial charge in [0.05, 0.1) is 0 Å². The molecule has 1 aromatic heterocycles. The molecule has 0 aliphatic heterocycles. The zero-order valence-corrected chi connectivity index (χ0v) is 14.1. The van der Waals surface area contributed by atoms with Gasteiger partial charge in [0.1, 0.15) is 4.21 Å². The van der Waals surface area contributed by atoms with Crippen molar-refractivity contribution >= 4 is 37.3 Å². The van der Waals surface area contributed by atoms with Crippen molar-refractivity contribution in [2.45, 2.75) is 24.2 Å². The summed E-state index contributed by atoms with van der Waals surface area (Å²) in [5, 5.41) is 0. The van der Waals surface area contributed by atoms with Crippen molar-refractivity contribution in [3.8, 4) is 0 Å². The first kappa shape index (κ1) is 15.7. The molecule has 0 saturated heterocycles. The summed E-state index contributed by atoms with van der Waals surface area (Å²) in [5.74, 6) is 0. The van der Waals surface area contributed by atoms with Crippen LogP contribution in [0.25, 0.3) is 0 Å². The van der Waals surface area contributed by atoms with E-state index in [1.165, 1.54) is 11.3 Å². The average Bonchev–Trinajstić information content (AvgIpc) is 2.80. The number of hydrogen-bond acceptors (Lipinski definition) is 4. The highest BCUT2D eigenvalue weighted by molar-refractivity contribution is 9.10. The van der Waals surface area contributed by atoms with Gasteiger partial charge in [-0.1, -0.05) is 28.1 Å². The van der Waals surface area contributed by atoms with E-state index in [2.05, 4.69) is 20.7 Å². The molecule has 2 aromatic rings. The molecule has 0 radical (unpaired) electrons. The van der Waals surface area contributed by atoms with E-state index in [0.29, 0.717) is 10.8 Å². The van der Waals surface area contributed by atoms with Gasteiger partial charge < -0.3 is 5.73 Å². The van der Waals surface area contributed by atoms with Gasteiger partial charge in [0.25, 0.3) is 0 Å². The lowest BCUT2D eigenvalue weighted by atomic mass is 10.2. The minimum atomic E-state index is -3.48. The van der Waals surface area contributed by atoms with Crippen molar-refractivity contribution in [1.82, 2.24) is 4.72 Å². The molecule has 3 N–H and O–H groups in total. The highest BCUT2D eigenvalue weighted by atomic mass is 79.9. The molecule has 1 aromatic carbocycles. The molecule has 20 heavy (non-hydrogen) atoms. The van der Waals surface area contributed by atoms with Crippen LogP contribution in [0.3, 0.4) is 0 Å². The van der Waals surface area contributed by atoms with Crippen LogP contribution in [0.5, 0.6) is 0 Å². The minimum Gasteiger partial charge on any atom is -0.326 e. The third kappa shape index (κ3) is 3.67. The van der Waals surface area contributed by atoms with Crippen molar-refractivity contribution in [3.05, 3.63) is 50.8 Å². The fourth-order valence-corrected chi connectivity index (χ4v) is 4.47. The Morgan fingerprint density at radius 1 is 1.30 bits per heavy atom. The van der Waals surface area contributed by atoms with Gasteiger partial charge in [0.15, 0.2) is 0 Å². The average molecular weight is 375 g/mol. The van der Waals surface area contributed by atoms with Gasteiger partial charge in [-0.15, -0.1) is 11.3 Å². The van der Waals surface area contributed by atoms with Crippen LogP contribution in [-0.4, -0.2) is 8.42 Å². The number of thiophene rings is 1. The van der Waals surface area contributed by atoms with Crippen molar-refractivity contribution in [2.24, 2.45) is 5.73 Å². The molecule has 7 heteroatoms. The molecule has 0 amide bonds. The van der Waals surface area contributed by atoms with Gasteiger partial charge in [0.2, 0.25) is 10.0 Å². The Balaban J connectivity index is 2.12. The molecule has 0 atom stereocenters. The monoisotopic (exact) mass is 374 g/mol. The highest BCUT2D eigenvalue weighted by Crippen LogP contribution is 2.25. The van der Waals surface area contributed by atoms with Crippen LogP contribution < -0.4 is 10.5 Å². The Hall–Kier alpha value is -0.730. The topological polar surface area (TPSA) is 72.2 Å². The summed E-state index contributed by atoms with van der Waals surface area (Å²) in [5.41, 5.74) is 7.40. The Morgan fingerprint density at radius 3 is 2.50 bits per heavy atom. The van der Waals surface area contributed by atoms with E-state index in [4.69, 9.17) is 5.73 Å². The van der Waals surface area contributed by atoms with E-state index in [1.807, 2.05) is 31.2 Å². The Morgan fingerprint density at radius 2 is 1.95 bits per heavy atom. The number of hydrogen-bond donors (Lipinski definition) is 2. The first-order chi connectivity index (χ1) is 9.42. The summed E-state index contributed by atoms with van der Waals surface area (Å²) in [6, 6.07) is 9.17. The predicted octanol–water partition coefficient (Wildman–Crippen LogP) is 2.76. The molecule has 4 nitrogen and oxygen atoms in total. The van der Waals surface area contributed by atoms with Crippen LogP contribution in [0.2, 0.25) is 0 Å². The third-order valence-electron chi connectivity index (χ3n) is 2.83. The maximum Gasteiger partial charge on any atom is 0.250 e. The van der Waals surface area contributed by atoms with Crippen LogP contribution in [0.1, 0.15) is 16.0 Å². The maximum atomic E-state index is 12.2. The Labute approximate surface area is 131 Å². The number of nitrogens with one attached hydrogen (secondary N) is 1. The van der Waals surface area contributed by atoms with E-state index in [0.717, 1.165) is 20.5 Å². The summed E-state index contributed by atoms with van der Waals surface area (Å²) in [7, 11) is -3.48. The number of benzene rings is 1. The first-order valence-corrected chi connectivity index (χ1v) is 9.05. The van der Waals surface area contributed by atoms with Gasteiger partial charge in [-0.3, -0.25) is 0 Å². The minimum absolute atomic E-state index is 0.268. The number of aryl methyl sites for hydroxylation is 1. The van der Waals surface area contributed by atoms with E-state index in [-0.39, 0.29) is 6.54 Å². The lowest BCUT2D eigenvalue weighted by molar-refractivity contribution is 0.583. The molecule has 1 heterocycles. The number of nitrogens with two attached hydrogens (primary N) is 1. The third-order valence-corrected chi connectivity index (χ3v) is 6.49. The fraction of sp³-hybridized carbons (Fsp3) is 0.231. The standard InChI is InChI=1S/C13H15BrN2O2S2/c1-9-6-13(19-12(9)7-15)20(17,18)16-8-10-2-4-11(14)5-3-10/h2-6,16H,7-8,15H2,1H3. The van der Waals surface area contributed by atoms with Crippen molar-refractivity contribution in [2.75, 3.05) is 0 Å². The molecule has 0 aliphatic carbocycles. The van der Waals surface area contributed by atoms with Crippen LogP contribution in [0.4, 0.5) is 0 Å². The molecule has 0 spiro atoms.